The summed E-state index contributed by atoms with van der Waals surface area (Å²) < 4.78 is 5.07. The van der Waals surface area contributed by atoms with E-state index < -0.39 is 0 Å². The first-order chi connectivity index (χ1) is 10.0. The van der Waals surface area contributed by atoms with Crippen LogP contribution in [0, 0.1) is 0 Å². The molecule has 0 saturated heterocycles. The molecule has 3 heteroatoms. The van der Waals surface area contributed by atoms with E-state index in [1.54, 1.807) is 7.11 Å². The third kappa shape index (κ3) is 4.22. The highest BCUT2D eigenvalue weighted by Crippen LogP contribution is 2.29. The molecule has 0 aliphatic heterocycles. The summed E-state index contributed by atoms with van der Waals surface area (Å²) in [5, 5.41) is 3.50. The lowest BCUT2D eigenvalue weighted by Crippen LogP contribution is -2.27. The van der Waals surface area contributed by atoms with E-state index in [1.807, 2.05) is 18.3 Å². The molecule has 1 atom stereocenters. The summed E-state index contributed by atoms with van der Waals surface area (Å²) in [5.74, 6) is 0.637. The summed E-state index contributed by atoms with van der Waals surface area (Å²) in [5.41, 5.74) is 2.52. The van der Waals surface area contributed by atoms with E-state index in [2.05, 4.69) is 61.4 Å². The van der Waals surface area contributed by atoms with E-state index in [0.717, 1.165) is 12.1 Å². The number of benzene rings is 1. The Kier molecular flexibility index (Phi) is 4.84. The van der Waals surface area contributed by atoms with Gasteiger partial charge in [0.05, 0.1) is 19.0 Å². The van der Waals surface area contributed by atoms with Crippen molar-refractivity contribution in [3.63, 3.8) is 0 Å². The molecule has 0 spiro atoms. The lowest BCUT2D eigenvalue weighted by atomic mass is 9.79. The fraction of sp³-hybridized carbons (Fsp3) is 0.389. The summed E-state index contributed by atoms with van der Waals surface area (Å²) >= 11 is 0. The van der Waals surface area contributed by atoms with E-state index in [-0.39, 0.29) is 5.41 Å². The molecule has 1 N–H and O–H groups in total. The Labute approximate surface area is 127 Å². The first-order valence-electron chi connectivity index (χ1n) is 7.33. The van der Waals surface area contributed by atoms with Gasteiger partial charge in [-0.2, -0.15) is 0 Å². The van der Waals surface area contributed by atoms with Crippen molar-refractivity contribution in [2.75, 3.05) is 12.4 Å². The van der Waals surface area contributed by atoms with Crippen LogP contribution in [0.25, 0.3) is 0 Å². The molecule has 21 heavy (non-hydrogen) atoms. The van der Waals surface area contributed by atoms with Crippen molar-refractivity contribution in [1.29, 1.82) is 0 Å². The maximum atomic E-state index is 5.07. The van der Waals surface area contributed by atoms with Crippen LogP contribution < -0.4 is 10.1 Å². The molecular weight excluding hydrogens is 260 g/mol. The van der Waals surface area contributed by atoms with E-state index in [4.69, 9.17) is 4.74 Å². The van der Waals surface area contributed by atoms with Gasteiger partial charge in [0.15, 0.2) is 0 Å². The Bertz CT molecular complexity index is 549. The smallest absolute Gasteiger partial charge is 0.213 e. The standard InChI is InChI=1S/C18H24N2O/c1-14(20-16-10-11-17(21-4)19-13-16)12-18(2,3)15-8-6-5-7-9-15/h5-11,13-14,20H,12H2,1-4H3. The van der Waals surface area contributed by atoms with Crippen LogP contribution in [-0.2, 0) is 5.41 Å². The van der Waals surface area contributed by atoms with Crippen molar-refractivity contribution in [3.8, 4) is 5.88 Å². The monoisotopic (exact) mass is 284 g/mol. The Morgan fingerprint density at radius 3 is 2.43 bits per heavy atom. The average Bonchev–Trinajstić information content (AvgIpc) is 2.48. The van der Waals surface area contributed by atoms with Crippen LogP contribution >= 0.6 is 0 Å². The van der Waals surface area contributed by atoms with Gasteiger partial charge in [-0.3, -0.25) is 0 Å². The number of hydrogen-bond donors (Lipinski definition) is 1. The molecule has 2 rings (SSSR count). The molecule has 0 amide bonds. The Balaban J connectivity index is 1.98. The van der Waals surface area contributed by atoms with Gasteiger partial charge in [0.2, 0.25) is 5.88 Å². The van der Waals surface area contributed by atoms with Gasteiger partial charge in [0.1, 0.15) is 0 Å². The van der Waals surface area contributed by atoms with Gasteiger partial charge in [-0.05, 0) is 30.4 Å². The Morgan fingerprint density at radius 1 is 1.14 bits per heavy atom. The van der Waals surface area contributed by atoms with Crippen LogP contribution in [0.5, 0.6) is 5.88 Å². The van der Waals surface area contributed by atoms with Crippen LogP contribution in [0.4, 0.5) is 5.69 Å². The third-order valence-corrected chi connectivity index (χ3v) is 3.73. The van der Waals surface area contributed by atoms with Gasteiger partial charge in [0, 0.05) is 12.1 Å². The zero-order valence-corrected chi connectivity index (χ0v) is 13.3. The second-order valence-corrected chi connectivity index (χ2v) is 6.09. The molecule has 0 aliphatic rings. The topological polar surface area (TPSA) is 34.1 Å². The largest absolute Gasteiger partial charge is 0.481 e. The van der Waals surface area contributed by atoms with Crippen LogP contribution in [0.1, 0.15) is 32.8 Å². The molecule has 1 heterocycles. The molecule has 0 saturated carbocycles. The van der Waals surface area contributed by atoms with Crippen molar-refractivity contribution in [3.05, 3.63) is 54.2 Å². The summed E-state index contributed by atoms with van der Waals surface area (Å²) in [6.07, 6.45) is 2.86. The number of aromatic nitrogens is 1. The molecule has 3 nitrogen and oxygen atoms in total. The minimum atomic E-state index is 0.133. The number of anilines is 1. The average molecular weight is 284 g/mol. The Hall–Kier alpha value is -2.03. The zero-order chi connectivity index (χ0) is 15.3. The van der Waals surface area contributed by atoms with Crippen molar-refractivity contribution in [2.24, 2.45) is 0 Å². The van der Waals surface area contributed by atoms with Crippen molar-refractivity contribution >= 4 is 5.69 Å². The predicted molar refractivity (Wildman–Crippen MR) is 88.0 cm³/mol. The highest BCUT2D eigenvalue weighted by Gasteiger charge is 2.23. The van der Waals surface area contributed by atoms with E-state index in [0.29, 0.717) is 11.9 Å². The number of pyridine rings is 1. The van der Waals surface area contributed by atoms with E-state index >= 15 is 0 Å². The zero-order valence-electron chi connectivity index (χ0n) is 13.3. The summed E-state index contributed by atoms with van der Waals surface area (Å²) in [6, 6.07) is 14.9. The number of ether oxygens (including phenoxy) is 1. The van der Waals surface area contributed by atoms with Gasteiger partial charge in [-0.25, -0.2) is 4.98 Å². The molecule has 0 bridgehead atoms. The second kappa shape index (κ2) is 6.61. The summed E-state index contributed by atoms with van der Waals surface area (Å²) in [7, 11) is 1.63. The SMILES string of the molecule is COc1ccc(NC(C)CC(C)(C)c2ccccc2)cn1. The van der Waals surface area contributed by atoms with Crippen molar-refractivity contribution in [1.82, 2.24) is 4.98 Å². The number of methoxy groups -OCH3 is 1. The molecule has 0 radical (unpaired) electrons. The summed E-state index contributed by atoms with van der Waals surface area (Å²) in [6.45, 7) is 6.77. The van der Waals surface area contributed by atoms with Gasteiger partial charge < -0.3 is 10.1 Å². The highest BCUT2D eigenvalue weighted by molar-refractivity contribution is 5.43. The normalized spacial score (nSPS) is 12.8. The number of nitrogens with one attached hydrogen (secondary N) is 1. The first kappa shape index (κ1) is 15.4. The first-order valence-corrected chi connectivity index (χ1v) is 7.33. The van der Waals surface area contributed by atoms with Crippen LogP contribution in [0.15, 0.2) is 48.7 Å². The molecule has 2 aromatic rings. The van der Waals surface area contributed by atoms with Crippen LogP contribution in [-0.4, -0.2) is 18.1 Å². The van der Waals surface area contributed by atoms with Crippen molar-refractivity contribution < 1.29 is 4.74 Å². The third-order valence-electron chi connectivity index (χ3n) is 3.73. The molecule has 0 aliphatic carbocycles. The molecule has 1 aromatic carbocycles. The minimum Gasteiger partial charge on any atom is -0.481 e. The fourth-order valence-corrected chi connectivity index (χ4v) is 2.69. The predicted octanol–water partition coefficient (Wildman–Crippen LogP) is 4.26. The van der Waals surface area contributed by atoms with Gasteiger partial charge in [-0.15, -0.1) is 0 Å². The molecule has 1 aromatic heterocycles. The fourth-order valence-electron chi connectivity index (χ4n) is 2.69. The van der Waals surface area contributed by atoms with Crippen molar-refractivity contribution in [2.45, 2.75) is 38.6 Å². The van der Waals surface area contributed by atoms with E-state index in [1.165, 1.54) is 5.56 Å². The number of nitrogens with zero attached hydrogens (tertiary/aromatic N) is 1. The quantitative estimate of drug-likeness (QED) is 0.860. The molecule has 1 unspecified atom stereocenters. The van der Waals surface area contributed by atoms with Crippen LogP contribution in [0.2, 0.25) is 0 Å². The lowest BCUT2D eigenvalue weighted by Gasteiger charge is -2.29. The van der Waals surface area contributed by atoms with Gasteiger partial charge in [-0.1, -0.05) is 44.2 Å². The molecular formula is C18H24N2O. The number of rotatable bonds is 6. The lowest BCUT2D eigenvalue weighted by molar-refractivity contribution is 0.398. The van der Waals surface area contributed by atoms with Gasteiger partial charge in [0.25, 0.3) is 0 Å². The van der Waals surface area contributed by atoms with E-state index in [9.17, 15) is 0 Å². The second-order valence-electron chi connectivity index (χ2n) is 6.09. The van der Waals surface area contributed by atoms with Crippen LogP contribution in [0.3, 0.4) is 0 Å². The van der Waals surface area contributed by atoms with Gasteiger partial charge >= 0.3 is 0 Å². The number of hydrogen-bond acceptors (Lipinski definition) is 3. The maximum Gasteiger partial charge on any atom is 0.213 e. The maximum absolute atomic E-state index is 5.07. The minimum absolute atomic E-state index is 0.133. The summed E-state index contributed by atoms with van der Waals surface area (Å²) in [4.78, 5) is 4.22. The molecule has 112 valence electrons. The Morgan fingerprint density at radius 2 is 1.86 bits per heavy atom. The molecule has 0 fully saturated rings. The highest BCUT2D eigenvalue weighted by atomic mass is 16.5.